The third kappa shape index (κ3) is 4.05. The zero-order valence-electron chi connectivity index (χ0n) is 10.4. The maximum atomic E-state index is 11.8. The molecule has 104 valence electrons. The molecule has 8 heteroatoms. The van der Waals surface area contributed by atoms with Gasteiger partial charge in [0, 0.05) is 0 Å². The van der Waals surface area contributed by atoms with Crippen molar-refractivity contribution in [3.05, 3.63) is 21.9 Å². The van der Waals surface area contributed by atoms with Crippen LogP contribution in [-0.4, -0.2) is 29.5 Å². The Morgan fingerprint density at radius 1 is 1.53 bits per heavy atom. The molecule has 1 unspecified atom stereocenters. The number of esters is 1. The van der Waals surface area contributed by atoms with Crippen LogP contribution >= 0.6 is 23.2 Å². The first kappa shape index (κ1) is 15.7. The maximum Gasteiger partial charge on any atom is 0.332 e. The summed E-state index contributed by atoms with van der Waals surface area (Å²) in [5.41, 5.74) is 6.31. The van der Waals surface area contributed by atoms with Crippen LogP contribution in [0.3, 0.4) is 0 Å². The van der Waals surface area contributed by atoms with Gasteiger partial charge in [-0.05, 0) is 25.5 Å². The normalized spacial score (nSPS) is 11.8. The van der Waals surface area contributed by atoms with Gasteiger partial charge < -0.3 is 15.8 Å². The van der Waals surface area contributed by atoms with Crippen molar-refractivity contribution in [2.45, 2.75) is 19.9 Å². The number of amides is 1. The molecule has 0 aliphatic carbocycles. The first-order valence-electron chi connectivity index (χ1n) is 5.42. The number of aryl methyl sites for hydroxylation is 1. The zero-order valence-corrected chi connectivity index (χ0v) is 11.9. The van der Waals surface area contributed by atoms with E-state index in [9.17, 15) is 9.59 Å². The van der Waals surface area contributed by atoms with Crippen LogP contribution in [0, 0.1) is 6.92 Å². The number of ether oxygens (including phenoxy) is 1. The van der Waals surface area contributed by atoms with E-state index in [0.717, 1.165) is 0 Å². The fourth-order valence-electron chi connectivity index (χ4n) is 1.29. The summed E-state index contributed by atoms with van der Waals surface area (Å²) < 4.78 is 4.65. The van der Waals surface area contributed by atoms with Crippen LogP contribution in [0.5, 0.6) is 0 Å². The first-order chi connectivity index (χ1) is 8.86. The number of rotatable bonds is 4. The van der Waals surface area contributed by atoms with Gasteiger partial charge in [0.15, 0.2) is 11.2 Å². The molecule has 0 aliphatic rings. The van der Waals surface area contributed by atoms with Crippen LogP contribution in [0.4, 0.5) is 5.69 Å². The lowest BCUT2D eigenvalue weighted by atomic mass is 10.2. The highest BCUT2D eigenvalue weighted by molar-refractivity contribution is 6.35. The van der Waals surface area contributed by atoms with Crippen molar-refractivity contribution in [2.75, 3.05) is 11.9 Å². The summed E-state index contributed by atoms with van der Waals surface area (Å²) >= 11 is 11.6. The van der Waals surface area contributed by atoms with Crippen molar-refractivity contribution >= 4 is 40.8 Å². The predicted octanol–water partition coefficient (Wildman–Crippen LogP) is 1.53. The molecule has 3 N–H and O–H groups in total. The van der Waals surface area contributed by atoms with E-state index in [1.165, 1.54) is 6.07 Å². The van der Waals surface area contributed by atoms with Gasteiger partial charge in [-0.2, -0.15) is 0 Å². The van der Waals surface area contributed by atoms with Crippen LogP contribution in [0.25, 0.3) is 0 Å². The lowest BCUT2D eigenvalue weighted by molar-refractivity contribution is -0.146. The molecule has 0 radical (unpaired) electrons. The van der Waals surface area contributed by atoms with E-state index in [4.69, 9.17) is 28.9 Å². The fraction of sp³-hybridized carbons (Fsp3) is 0.364. The molecule has 1 rings (SSSR count). The van der Waals surface area contributed by atoms with Crippen molar-refractivity contribution in [1.29, 1.82) is 0 Å². The Kier molecular flexibility index (Phi) is 5.53. The van der Waals surface area contributed by atoms with Gasteiger partial charge in [-0.3, -0.25) is 4.79 Å². The number of halogens is 2. The van der Waals surface area contributed by atoms with E-state index < -0.39 is 17.9 Å². The summed E-state index contributed by atoms with van der Waals surface area (Å²) in [6.45, 7) is 3.44. The third-order valence-corrected chi connectivity index (χ3v) is 2.68. The maximum absolute atomic E-state index is 11.8. The Morgan fingerprint density at radius 2 is 2.16 bits per heavy atom. The number of aromatic nitrogens is 1. The third-order valence-electron chi connectivity index (χ3n) is 2.21. The van der Waals surface area contributed by atoms with E-state index in [1.807, 2.05) is 0 Å². The van der Waals surface area contributed by atoms with E-state index in [2.05, 4.69) is 15.0 Å². The second-order valence-electron chi connectivity index (χ2n) is 3.65. The molecule has 1 atom stereocenters. The van der Waals surface area contributed by atoms with Crippen LogP contribution in [-0.2, 0) is 14.3 Å². The van der Waals surface area contributed by atoms with Crippen LogP contribution in [0.2, 0.25) is 10.3 Å². The number of carbonyl (C=O) groups is 2. The molecular formula is C11H13Cl2N3O3. The molecule has 0 bridgehead atoms. The highest BCUT2D eigenvalue weighted by Crippen LogP contribution is 2.26. The van der Waals surface area contributed by atoms with Gasteiger partial charge in [-0.15, -0.1) is 0 Å². The summed E-state index contributed by atoms with van der Waals surface area (Å²) in [7, 11) is 0. The minimum atomic E-state index is -1.42. The number of nitrogens with zero attached hydrogens (tertiary/aromatic N) is 1. The molecule has 0 spiro atoms. The van der Waals surface area contributed by atoms with Gasteiger partial charge in [0.2, 0.25) is 0 Å². The Balaban J connectivity index is 2.86. The van der Waals surface area contributed by atoms with Crippen molar-refractivity contribution in [1.82, 2.24) is 4.98 Å². The van der Waals surface area contributed by atoms with Gasteiger partial charge in [0.1, 0.15) is 5.15 Å². The Labute approximate surface area is 120 Å². The summed E-state index contributed by atoms with van der Waals surface area (Å²) in [4.78, 5) is 26.9. The molecule has 1 aromatic rings. The minimum absolute atomic E-state index is 0.0226. The number of hydrogen-bond acceptors (Lipinski definition) is 5. The van der Waals surface area contributed by atoms with Crippen LogP contribution in [0.15, 0.2) is 6.07 Å². The van der Waals surface area contributed by atoms with Gasteiger partial charge in [0.25, 0.3) is 5.91 Å². The summed E-state index contributed by atoms with van der Waals surface area (Å²) in [6.07, 6.45) is 0. The lowest BCUT2D eigenvalue weighted by Gasteiger charge is -2.13. The standard InChI is InChI=1S/C11H13Cl2N3O3/c1-3-19-11(18)7(14)10(17)16-8-5(2)4-6(12)15-9(8)13/h4,7H,3,14H2,1-2H3,(H,16,17). The predicted molar refractivity (Wildman–Crippen MR) is 72.2 cm³/mol. The quantitative estimate of drug-likeness (QED) is 0.500. The van der Waals surface area contributed by atoms with Crippen molar-refractivity contribution in [3.63, 3.8) is 0 Å². The van der Waals surface area contributed by atoms with Crippen molar-refractivity contribution in [3.8, 4) is 0 Å². The van der Waals surface area contributed by atoms with E-state index in [1.54, 1.807) is 13.8 Å². The molecule has 0 fully saturated rings. The molecule has 0 saturated carbocycles. The Hall–Kier alpha value is -1.37. The average Bonchev–Trinajstić information content (AvgIpc) is 2.32. The molecule has 0 aromatic carbocycles. The summed E-state index contributed by atoms with van der Waals surface area (Å²) in [6, 6.07) is 0.102. The smallest absolute Gasteiger partial charge is 0.332 e. The second kappa shape index (κ2) is 6.70. The van der Waals surface area contributed by atoms with Crippen molar-refractivity contribution < 1.29 is 14.3 Å². The van der Waals surface area contributed by atoms with E-state index in [-0.39, 0.29) is 22.6 Å². The van der Waals surface area contributed by atoms with Crippen molar-refractivity contribution in [2.24, 2.45) is 5.73 Å². The molecule has 19 heavy (non-hydrogen) atoms. The molecule has 0 saturated heterocycles. The monoisotopic (exact) mass is 305 g/mol. The topological polar surface area (TPSA) is 94.3 Å². The Bertz CT molecular complexity index is 485. The Morgan fingerprint density at radius 3 is 2.68 bits per heavy atom. The summed E-state index contributed by atoms with van der Waals surface area (Å²) in [5, 5.41) is 2.65. The molecule has 1 aromatic heterocycles. The van der Waals surface area contributed by atoms with Gasteiger partial charge in [-0.25, -0.2) is 9.78 Å². The van der Waals surface area contributed by atoms with Crippen LogP contribution in [0.1, 0.15) is 12.5 Å². The zero-order chi connectivity index (χ0) is 14.6. The van der Waals surface area contributed by atoms with Gasteiger partial charge in [0.05, 0.1) is 12.3 Å². The first-order valence-corrected chi connectivity index (χ1v) is 6.18. The van der Waals surface area contributed by atoms with E-state index >= 15 is 0 Å². The number of carbonyl (C=O) groups excluding carboxylic acids is 2. The van der Waals surface area contributed by atoms with E-state index in [0.29, 0.717) is 5.56 Å². The number of anilines is 1. The summed E-state index contributed by atoms with van der Waals surface area (Å²) in [5.74, 6) is -1.54. The van der Waals surface area contributed by atoms with Gasteiger partial charge >= 0.3 is 5.97 Å². The number of nitrogens with one attached hydrogen (secondary N) is 1. The van der Waals surface area contributed by atoms with Crippen LogP contribution < -0.4 is 11.1 Å². The largest absolute Gasteiger partial charge is 0.464 e. The van der Waals surface area contributed by atoms with Gasteiger partial charge in [-0.1, -0.05) is 23.2 Å². The SMILES string of the molecule is CCOC(=O)C(N)C(=O)Nc1c(C)cc(Cl)nc1Cl. The molecule has 1 heterocycles. The fourth-order valence-corrected chi connectivity index (χ4v) is 1.86. The molecule has 0 aliphatic heterocycles. The minimum Gasteiger partial charge on any atom is -0.464 e. The molecular weight excluding hydrogens is 293 g/mol. The highest BCUT2D eigenvalue weighted by atomic mass is 35.5. The lowest BCUT2D eigenvalue weighted by Crippen LogP contribution is -2.43. The highest BCUT2D eigenvalue weighted by Gasteiger charge is 2.24. The number of hydrogen-bond donors (Lipinski definition) is 2. The number of nitrogens with two attached hydrogens (primary N) is 1. The average molecular weight is 306 g/mol. The molecule has 6 nitrogen and oxygen atoms in total. The molecule has 1 amide bonds. The number of pyridine rings is 1. The second-order valence-corrected chi connectivity index (χ2v) is 4.39.